The van der Waals surface area contributed by atoms with Crippen LogP contribution in [0.2, 0.25) is 0 Å². The molecule has 2 heterocycles. The summed E-state index contributed by atoms with van der Waals surface area (Å²) >= 11 is 0. The van der Waals surface area contributed by atoms with Crippen molar-refractivity contribution in [3.63, 3.8) is 0 Å². The number of rotatable bonds is 3. The Hall–Kier alpha value is -1.46. The Labute approximate surface area is 197 Å². The summed E-state index contributed by atoms with van der Waals surface area (Å²) in [5.74, 6) is 1.74. The van der Waals surface area contributed by atoms with Gasteiger partial charge in [-0.15, -0.1) is 0 Å². The van der Waals surface area contributed by atoms with Gasteiger partial charge in [0.1, 0.15) is 11.7 Å². The van der Waals surface area contributed by atoms with Crippen LogP contribution in [0.5, 0.6) is 0 Å². The summed E-state index contributed by atoms with van der Waals surface area (Å²) in [5.41, 5.74) is 1.25. The maximum atomic E-state index is 13.3. The third-order valence-corrected chi connectivity index (χ3v) is 11.6. The number of allylic oxidation sites excluding steroid dienone is 1. The van der Waals surface area contributed by atoms with Crippen LogP contribution >= 0.6 is 0 Å². The van der Waals surface area contributed by atoms with Crippen LogP contribution in [0.25, 0.3) is 0 Å². The number of hydrogen-bond donors (Lipinski definition) is 1. The Bertz CT molecular complexity index is 965. The van der Waals surface area contributed by atoms with Gasteiger partial charge < -0.3 is 14.6 Å². The average Bonchev–Trinajstić information content (AvgIpc) is 3.38. The Morgan fingerprint density at radius 3 is 2.67 bits per heavy atom. The van der Waals surface area contributed by atoms with Crippen LogP contribution in [0, 0.1) is 40.4 Å². The number of esters is 1. The fourth-order valence-corrected chi connectivity index (χ4v) is 9.49. The van der Waals surface area contributed by atoms with Gasteiger partial charge >= 0.3 is 5.97 Å². The van der Waals surface area contributed by atoms with Gasteiger partial charge in [-0.1, -0.05) is 18.6 Å². The molecule has 0 aromatic heterocycles. The Morgan fingerprint density at radius 2 is 1.94 bits per heavy atom. The maximum absolute atomic E-state index is 13.3. The number of carbonyl (C=O) groups excluding carboxylic acids is 2. The topological polar surface area (TPSA) is 76.1 Å². The van der Waals surface area contributed by atoms with Crippen LogP contribution < -0.4 is 0 Å². The molecule has 33 heavy (non-hydrogen) atoms. The lowest BCUT2D eigenvalue weighted by Crippen LogP contribution is -2.60. The molecule has 6 aliphatic rings. The third-order valence-electron chi connectivity index (χ3n) is 11.6. The second-order valence-electron chi connectivity index (χ2n) is 12.4. The maximum Gasteiger partial charge on any atom is 0.333 e. The Balaban J connectivity index is 1.29. The SMILES string of the molecule is CC1=C(C)C(=O)OC(C(CO)C2CCC3C4CC5OC56CC=CC(=O)C6(C)C4CCC23C)C1. The van der Waals surface area contributed by atoms with E-state index in [4.69, 9.17) is 9.47 Å². The number of epoxide rings is 1. The summed E-state index contributed by atoms with van der Waals surface area (Å²) in [4.78, 5) is 25.7. The number of carbonyl (C=O) groups is 2. The van der Waals surface area contributed by atoms with E-state index >= 15 is 0 Å². The normalized spacial score (nSPS) is 51.3. The van der Waals surface area contributed by atoms with E-state index in [-0.39, 0.29) is 47.5 Å². The molecule has 10 unspecified atom stereocenters. The first-order valence-electron chi connectivity index (χ1n) is 13.0. The lowest BCUT2D eigenvalue weighted by molar-refractivity contribution is -0.155. The fraction of sp³-hybridized carbons (Fsp3) is 0.786. The van der Waals surface area contributed by atoms with E-state index in [0.717, 1.165) is 50.5 Å². The number of hydrogen-bond acceptors (Lipinski definition) is 5. The summed E-state index contributed by atoms with van der Waals surface area (Å²) in [6, 6.07) is 0. The van der Waals surface area contributed by atoms with E-state index in [0.29, 0.717) is 29.2 Å². The van der Waals surface area contributed by atoms with Crippen molar-refractivity contribution in [2.45, 2.75) is 90.4 Å². The molecule has 6 rings (SSSR count). The molecule has 1 N–H and O–H groups in total. The highest BCUT2D eigenvalue weighted by molar-refractivity contribution is 5.97. The van der Waals surface area contributed by atoms with E-state index in [2.05, 4.69) is 13.8 Å². The predicted octanol–water partition coefficient (Wildman–Crippen LogP) is 4.38. The molecule has 4 fully saturated rings. The first kappa shape index (κ1) is 22.0. The summed E-state index contributed by atoms with van der Waals surface area (Å²) in [6.07, 6.45) is 10.8. The molecule has 3 saturated carbocycles. The molecule has 4 aliphatic carbocycles. The zero-order valence-electron chi connectivity index (χ0n) is 20.4. The number of aliphatic hydroxyl groups is 1. The van der Waals surface area contributed by atoms with E-state index in [1.165, 1.54) is 0 Å². The number of fused-ring (bicyclic) bond motifs is 4. The Morgan fingerprint density at radius 1 is 1.15 bits per heavy atom. The quantitative estimate of drug-likeness (QED) is 0.506. The molecule has 0 aromatic carbocycles. The minimum Gasteiger partial charge on any atom is -0.458 e. The van der Waals surface area contributed by atoms with Gasteiger partial charge in [0.05, 0.1) is 11.5 Å². The minimum atomic E-state index is -0.399. The van der Waals surface area contributed by atoms with Gasteiger partial charge in [0.15, 0.2) is 5.78 Å². The van der Waals surface area contributed by atoms with E-state index in [9.17, 15) is 14.7 Å². The molecule has 0 radical (unpaired) electrons. The molecule has 1 spiro atoms. The number of ketones is 1. The summed E-state index contributed by atoms with van der Waals surface area (Å²) in [5, 5.41) is 10.5. The predicted molar refractivity (Wildman–Crippen MR) is 123 cm³/mol. The molecule has 0 amide bonds. The number of ether oxygens (including phenoxy) is 2. The van der Waals surface area contributed by atoms with Crippen molar-refractivity contribution in [2.24, 2.45) is 40.4 Å². The molecule has 10 atom stereocenters. The number of aliphatic hydroxyl groups excluding tert-OH is 1. The van der Waals surface area contributed by atoms with Gasteiger partial charge in [0.2, 0.25) is 0 Å². The molecule has 5 nitrogen and oxygen atoms in total. The van der Waals surface area contributed by atoms with Gasteiger partial charge in [-0.3, -0.25) is 4.79 Å². The second-order valence-corrected chi connectivity index (χ2v) is 12.4. The summed E-state index contributed by atoms with van der Waals surface area (Å²) < 4.78 is 12.2. The van der Waals surface area contributed by atoms with Crippen molar-refractivity contribution in [1.29, 1.82) is 0 Å². The highest BCUT2D eigenvalue weighted by Gasteiger charge is 2.77. The van der Waals surface area contributed by atoms with Crippen molar-refractivity contribution in [3.05, 3.63) is 23.3 Å². The first-order chi connectivity index (χ1) is 15.7. The van der Waals surface area contributed by atoms with E-state index in [1.807, 2.05) is 26.0 Å². The first-order valence-corrected chi connectivity index (χ1v) is 13.0. The van der Waals surface area contributed by atoms with Crippen LogP contribution in [0.1, 0.15) is 72.6 Å². The third kappa shape index (κ3) is 2.67. The van der Waals surface area contributed by atoms with Gasteiger partial charge in [0.25, 0.3) is 0 Å². The zero-order chi connectivity index (χ0) is 23.3. The minimum absolute atomic E-state index is 0.0294. The molecular weight excluding hydrogens is 416 g/mol. The van der Waals surface area contributed by atoms with Crippen LogP contribution in [-0.4, -0.2) is 41.3 Å². The lowest BCUT2D eigenvalue weighted by Gasteiger charge is -2.57. The van der Waals surface area contributed by atoms with Crippen LogP contribution in [0.4, 0.5) is 0 Å². The smallest absolute Gasteiger partial charge is 0.333 e. The van der Waals surface area contributed by atoms with E-state index < -0.39 is 5.41 Å². The highest BCUT2D eigenvalue weighted by atomic mass is 16.6. The van der Waals surface area contributed by atoms with Gasteiger partial charge in [-0.05, 0) is 94.5 Å². The Kier molecular flexibility index (Phi) is 4.70. The van der Waals surface area contributed by atoms with Crippen LogP contribution in [-0.2, 0) is 19.1 Å². The summed E-state index contributed by atoms with van der Waals surface area (Å²) in [6.45, 7) is 8.53. The molecule has 0 aromatic rings. The van der Waals surface area contributed by atoms with Crippen molar-refractivity contribution in [3.8, 4) is 0 Å². The standard InChI is InChI=1S/C28H38O5/c1-15-12-22(32-25(31)16(15)2)18(14-29)20-8-7-19-17-13-24-28(33-24)10-5-6-23(30)27(28,4)21(17)9-11-26(19,20)3/h5-6,17-22,24,29H,7-14H2,1-4H3. The largest absolute Gasteiger partial charge is 0.458 e. The zero-order valence-corrected chi connectivity index (χ0v) is 20.4. The highest BCUT2D eigenvalue weighted by Crippen LogP contribution is 2.73. The molecule has 0 bridgehead atoms. The average molecular weight is 455 g/mol. The van der Waals surface area contributed by atoms with Gasteiger partial charge in [-0.25, -0.2) is 4.79 Å². The monoisotopic (exact) mass is 454 g/mol. The molecule has 1 saturated heterocycles. The number of cyclic esters (lactones) is 1. The van der Waals surface area contributed by atoms with Gasteiger partial charge in [0, 0.05) is 24.5 Å². The lowest BCUT2D eigenvalue weighted by atomic mass is 9.44. The van der Waals surface area contributed by atoms with Crippen LogP contribution in [0.15, 0.2) is 23.3 Å². The molecular formula is C28H38O5. The van der Waals surface area contributed by atoms with E-state index in [1.54, 1.807) is 0 Å². The second kappa shape index (κ2) is 7.04. The van der Waals surface area contributed by atoms with Crippen molar-refractivity contribution in [2.75, 3.05) is 6.61 Å². The van der Waals surface area contributed by atoms with Crippen molar-refractivity contribution >= 4 is 11.8 Å². The fourth-order valence-electron chi connectivity index (χ4n) is 9.49. The molecule has 180 valence electrons. The van der Waals surface area contributed by atoms with Crippen molar-refractivity contribution in [1.82, 2.24) is 0 Å². The van der Waals surface area contributed by atoms with Gasteiger partial charge in [-0.2, -0.15) is 0 Å². The van der Waals surface area contributed by atoms with Crippen LogP contribution in [0.3, 0.4) is 0 Å². The summed E-state index contributed by atoms with van der Waals surface area (Å²) in [7, 11) is 0. The molecule has 2 aliphatic heterocycles. The molecule has 5 heteroatoms. The van der Waals surface area contributed by atoms with Crippen molar-refractivity contribution < 1.29 is 24.2 Å².